The molecule has 0 fully saturated rings. The van der Waals surface area contributed by atoms with Crippen molar-refractivity contribution in [2.24, 2.45) is 0 Å². The van der Waals surface area contributed by atoms with E-state index < -0.39 is 29.5 Å². The molecule has 0 saturated heterocycles. The maximum Gasteiger partial charge on any atom is 0.471 e. The molecule has 11 heteroatoms. The second-order valence-electron chi connectivity index (χ2n) is 5.01. The van der Waals surface area contributed by atoms with Crippen LogP contribution in [0.3, 0.4) is 0 Å². The lowest BCUT2D eigenvalue weighted by atomic mass is 10.1. The number of halogens is 4. The Balaban J connectivity index is 1.68. The topological polar surface area (TPSA) is 91.2 Å². The third-order valence-electron chi connectivity index (χ3n) is 3.17. The van der Waals surface area contributed by atoms with Crippen LogP contribution < -0.4 is 0 Å². The minimum Gasteiger partial charge on any atom is -0.451 e. The number of nitrogens with zero attached hydrogens (tertiary/aromatic N) is 3. The minimum atomic E-state index is -4.83. The summed E-state index contributed by atoms with van der Waals surface area (Å²) in [6.07, 6.45) is -2.28. The zero-order chi connectivity index (χ0) is 18.7. The quantitative estimate of drug-likeness (QED) is 0.485. The number of hydrogen-bond acceptors (Lipinski definition) is 7. The lowest BCUT2D eigenvalue weighted by Crippen LogP contribution is -2.10. The van der Waals surface area contributed by atoms with E-state index in [-0.39, 0.29) is 24.3 Å². The first-order valence-corrected chi connectivity index (χ1v) is 7.03. The molecule has 2 heterocycles. The number of rotatable bonds is 6. The summed E-state index contributed by atoms with van der Waals surface area (Å²) < 4.78 is 65.4. The van der Waals surface area contributed by atoms with Gasteiger partial charge in [-0.1, -0.05) is 11.2 Å². The summed E-state index contributed by atoms with van der Waals surface area (Å²) in [5, 5.41) is 3.09. The molecule has 0 amide bonds. The summed E-state index contributed by atoms with van der Waals surface area (Å²) in [4.78, 5) is 18.9. The van der Waals surface area contributed by atoms with Crippen molar-refractivity contribution in [3.63, 3.8) is 0 Å². The van der Waals surface area contributed by atoms with Crippen LogP contribution in [0, 0.1) is 5.82 Å². The summed E-state index contributed by atoms with van der Waals surface area (Å²) in [5.74, 6) is -3.66. The lowest BCUT2D eigenvalue weighted by Gasteiger charge is -2.04. The van der Waals surface area contributed by atoms with Crippen molar-refractivity contribution in [3.8, 4) is 11.4 Å². The van der Waals surface area contributed by atoms with Crippen LogP contribution in [0.4, 0.5) is 17.6 Å². The number of oxazole rings is 1. The SMILES string of the molecule is O=C(COCc1cocn1)c1ccc(-c2noc(C(F)(F)F)n2)c(F)c1. The number of carbonyl (C=O) groups excluding carboxylic acids is 1. The van der Waals surface area contributed by atoms with Gasteiger partial charge in [0, 0.05) is 5.56 Å². The summed E-state index contributed by atoms with van der Waals surface area (Å²) in [6, 6.07) is 3.18. The van der Waals surface area contributed by atoms with Crippen LogP contribution in [0.2, 0.25) is 0 Å². The predicted molar refractivity (Wildman–Crippen MR) is 75.2 cm³/mol. The zero-order valence-corrected chi connectivity index (χ0v) is 12.8. The van der Waals surface area contributed by atoms with Crippen molar-refractivity contribution in [2.45, 2.75) is 12.8 Å². The molecule has 0 aliphatic heterocycles. The van der Waals surface area contributed by atoms with Gasteiger partial charge in [0.15, 0.2) is 12.2 Å². The fourth-order valence-corrected chi connectivity index (χ4v) is 1.96. The molecule has 0 radical (unpaired) electrons. The van der Waals surface area contributed by atoms with Gasteiger partial charge in [-0.25, -0.2) is 9.37 Å². The number of carbonyl (C=O) groups is 1. The molecule has 7 nitrogen and oxygen atoms in total. The van der Waals surface area contributed by atoms with Crippen LogP contribution in [-0.2, 0) is 17.5 Å². The van der Waals surface area contributed by atoms with Gasteiger partial charge in [-0.3, -0.25) is 4.79 Å². The Kier molecular flexibility index (Phi) is 4.80. The Morgan fingerprint density at radius 1 is 1.27 bits per heavy atom. The molecule has 3 rings (SSSR count). The highest BCUT2D eigenvalue weighted by Gasteiger charge is 2.38. The van der Waals surface area contributed by atoms with E-state index in [9.17, 15) is 22.4 Å². The third-order valence-corrected chi connectivity index (χ3v) is 3.17. The number of aromatic nitrogens is 3. The van der Waals surface area contributed by atoms with Crippen molar-refractivity contribution in [3.05, 3.63) is 53.8 Å². The van der Waals surface area contributed by atoms with E-state index in [2.05, 4.69) is 19.6 Å². The molecule has 0 spiro atoms. The number of benzene rings is 1. The normalized spacial score (nSPS) is 11.7. The zero-order valence-electron chi connectivity index (χ0n) is 12.8. The number of ketones is 1. The van der Waals surface area contributed by atoms with Gasteiger partial charge < -0.3 is 13.7 Å². The number of hydrogen-bond donors (Lipinski definition) is 0. The highest BCUT2D eigenvalue weighted by Crippen LogP contribution is 2.30. The fraction of sp³-hybridized carbons (Fsp3) is 0.200. The second kappa shape index (κ2) is 7.04. The first-order valence-electron chi connectivity index (χ1n) is 7.03. The summed E-state index contributed by atoms with van der Waals surface area (Å²) >= 11 is 0. The molecule has 0 aliphatic rings. The maximum atomic E-state index is 14.1. The van der Waals surface area contributed by atoms with Crippen LogP contribution in [0.15, 0.2) is 39.8 Å². The smallest absolute Gasteiger partial charge is 0.451 e. The molecule has 0 bridgehead atoms. The highest BCUT2D eigenvalue weighted by molar-refractivity contribution is 5.97. The molecule has 2 aromatic heterocycles. The Morgan fingerprint density at radius 2 is 2.08 bits per heavy atom. The van der Waals surface area contributed by atoms with Gasteiger partial charge in [0.25, 0.3) is 0 Å². The fourth-order valence-electron chi connectivity index (χ4n) is 1.96. The monoisotopic (exact) mass is 371 g/mol. The first kappa shape index (κ1) is 17.7. The van der Waals surface area contributed by atoms with Crippen LogP contribution in [0.25, 0.3) is 11.4 Å². The van der Waals surface area contributed by atoms with E-state index in [4.69, 9.17) is 9.15 Å². The van der Waals surface area contributed by atoms with Gasteiger partial charge in [-0.15, -0.1) is 0 Å². The molecule has 0 unspecified atom stereocenters. The lowest BCUT2D eigenvalue weighted by molar-refractivity contribution is -0.159. The Labute approximate surface area is 142 Å². The maximum absolute atomic E-state index is 14.1. The second-order valence-corrected chi connectivity index (χ2v) is 5.01. The minimum absolute atomic E-state index is 0.0223. The van der Waals surface area contributed by atoms with Gasteiger partial charge in [0.2, 0.25) is 5.82 Å². The van der Waals surface area contributed by atoms with Gasteiger partial charge in [-0.2, -0.15) is 18.2 Å². The number of ether oxygens (including phenoxy) is 1. The summed E-state index contributed by atoms with van der Waals surface area (Å²) in [5.41, 5.74) is 0.132. The number of Topliss-reactive ketones (excluding diaryl/α,β-unsaturated/α-hetero) is 1. The number of alkyl halides is 3. The summed E-state index contributed by atoms with van der Waals surface area (Å²) in [6.45, 7) is -0.308. The third kappa shape index (κ3) is 3.94. The Morgan fingerprint density at radius 3 is 2.69 bits per heavy atom. The molecular formula is C15H9F4N3O4. The molecule has 136 valence electrons. The highest BCUT2D eigenvalue weighted by atomic mass is 19.4. The van der Waals surface area contributed by atoms with E-state index in [0.717, 1.165) is 12.1 Å². The van der Waals surface area contributed by atoms with Crippen molar-refractivity contribution in [1.29, 1.82) is 0 Å². The van der Waals surface area contributed by atoms with Crippen molar-refractivity contribution in [1.82, 2.24) is 15.1 Å². The van der Waals surface area contributed by atoms with Crippen LogP contribution in [0.1, 0.15) is 21.9 Å². The average Bonchev–Trinajstić information content (AvgIpc) is 3.25. The standard InChI is InChI=1S/C15H9F4N3O4/c16-11-3-8(12(23)6-24-4-9-5-25-7-20-9)1-2-10(11)13-21-14(26-22-13)15(17,18)19/h1-3,5,7H,4,6H2. The molecule has 0 atom stereocenters. The van der Waals surface area contributed by atoms with Gasteiger partial charge >= 0.3 is 12.1 Å². The van der Waals surface area contributed by atoms with Gasteiger partial charge in [0.1, 0.15) is 24.4 Å². The molecule has 0 N–H and O–H groups in total. The van der Waals surface area contributed by atoms with E-state index in [1.165, 1.54) is 18.7 Å². The average molecular weight is 371 g/mol. The van der Waals surface area contributed by atoms with E-state index in [1.54, 1.807) is 0 Å². The van der Waals surface area contributed by atoms with E-state index >= 15 is 0 Å². The molecule has 3 aromatic rings. The predicted octanol–water partition coefficient (Wildman–Crippen LogP) is 3.28. The van der Waals surface area contributed by atoms with Crippen LogP contribution in [-0.4, -0.2) is 27.5 Å². The first-order chi connectivity index (χ1) is 12.3. The molecular weight excluding hydrogens is 362 g/mol. The molecule has 0 saturated carbocycles. The van der Waals surface area contributed by atoms with Gasteiger partial charge in [0.05, 0.1) is 12.2 Å². The van der Waals surface area contributed by atoms with Crippen LogP contribution in [0.5, 0.6) is 0 Å². The summed E-state index contributed by atoms with van der Waals surface area (Å²) in [7, 11) is 0. The van der Waals surface area contributed by atoms with E-state index in [1.807, 2.05) is 0 Å². The van der Waals surface area contributed by atoms with Crippen molar-refractivity contribution < 1.29 is 36.0 Å². The Bertz CT molecular complexity index is 906. The molecule has 0 aliphatic carbocycles. The van der Waals surface area contributed by atoms with Crippen molar-refractivity contribution >= 4 is 5.78 Å². The van der Waals surface area contributed by atoms with Crippen LogP contribution >= 0.6 is 0 Å². The van der Waals surface area contributed by atoms with E-state index in [0.29, 0.717) is 5.69 Å². The Hall–Kier alpha value is -3.08. The van der Waals surface area contributed by atoms with Crippen molar-refractivity contribution in [2.75, 3.05) is 6.61 Å². The molecule has 1 aromatic carbocycles. The largest absolute Gasteiger partial charge is 0.471 e. The van der Waals surface area contributed by atoms with Gasteiger partial charge in [-0.05, 0) is 12.1 Å². The molecule has 26 heavy (non-hydrogen) atoms.